The number of allylic oxidation sites excluding steroid dienone is 2. The number of methoxy groups -OCH3 is 1. The van der Waals surface area contributed by atoms with Crippen molar-refractivity contribution in [1.29, 1.82) is 0 Å². The van der Waals surface area contributed by atoms with Crippen LogP contribution in [0.25, 0.3) is 11.3 Å². The van der Waals surface area contributed by atoms with Gasteiger partial charge in [-0.3, -0.25) is 9.69 Å². The van der Waals surface area contributed by atoms with Crippen LogP contribution in [0.1, 0.15) is 74.5 Å². The van der Waals surface area contributed by atoms with Crippen molar-refractivity contribution in [2.45, 2.75) is 66.0 Å². The molecule has 8 heteroatoms. The zero-order chi connectivity index (χ0) is 34.1. The Morgan fingerprint density at radius 1 is 1.00 bits per heavy atom. The van der Waals surface area contributed by atoms with Crippen LogP contribution in [0.4, 0.5) is 0 Å². The van der Waals surface area contributed by atoms with Gasteiger partial charge in [-0.2, -0.15) is 0 Å². The van der Waals surface area contributed by atoms with Gasteiger partial charge in [-0.25, -0.2) is 4.79 Å². The average molecular weight is 655 g/mol. The predicted octanol–water partition coefficient (Wildman–Crippen LogP) is 7.41. The predicted molar refractivity (Wildman–Crippen MR) is 190 cm³/mol. The number of carbonyl (C=O) groups excluding carboxylic acids is 1. The Morgan fingerprint density at radius 2 is 1.81 bits per heavy atom. The Labute approximate surface area is 285 Å². The van der Waals surface area contributed by atoms with Crippen LogP contribution in [0, 0.1) is 5.41 Å². The number of nitrogens with zero attached hydrogens (tertiary/aromatic N) is 2. The minimum Gasteiger partial charge on any atom is -0.493 e. The Balaban J connectivity index is 1.21. The van der Waals surface area contributed by atoms with Gasteiger partial charge in [0.2, 0.25) is 0 Å². The maximum atomic E-state index is 13.1. The molecule has 48 heavy (non-hydrogen) atoms. The fraction of sp³-hybridized carbons (Fsp3) is 0.450. The molecular formula is C40H50N2O6. The molecule has 2 heterocycles. The molecule has 1 aliphatic carbocycles. The van der Waals surface area contributed by atoms with Crippen molar-refractivity contribution in [2.75, 3.05) is 46.6 Å². The number of aromatic nitrogens is 1. The molecule has 0 amide bonds. The zero-order valence-electron chi connectivity index (χ0n) is 29.1. The molecule has 0 saturated heterocycles. The first-order valence-corrected chi connectivity index (χ1v) is 17.1. The van der Waals surface area contributed by atoms with Crippen LogP contribution in [0.2, 0.25) is 0 Å². The fourth-order valence-corrected chi connectivity index (χ4v) is 6.43. The molecule has 1 atom stereocenters. The number of ether oxygens (including phenoxy) is 4. The van der Waals surface area contributed by atoms with E-state index in [9.17, 15) is 9.59 Å². The second kappa shape index (κ2) is 16.3. The number of hydrogen-bond donors (Lipinski definition) is 0. The van der Waals surface area contributed by atoms with E-state index in [1.807, 2.05) is 12.1 Å². The number of pyridine rings is 1. The van der Waals surface area contributed by atoms with E-state index in [0.717, 1.165) is 55.7 Å². The zero-order valence-corrected chi connectivity index (χ0v) is 29.1. The minimum absolute atomic E-state index is 0.00954. The molecule has 2 aromatic carbocycles. The molecule has 3 aromatic rings. The third-order valence-electron chi connectivity index (χ3n) is 8.96. The maximum absolute atomic E-state index is 13.1. The summed E-state index contributed by atoms with van der Waals surface area (Å²) in [6, 6.07) is 16.1. The Hall–Kier alpha value is -4.14. The molecule has 0 spiro atoms. The Bertz CT molecular complexity index is 1670. The highest BCUT2D eigenvalue weighted by atomic mass is 16.5. The summed E-state index contributed by atoms with van der Waals surface area (Å²) in [4.78, 5) is 28.1. The fourth-order valence-electron chi connectivity index (χ4n) is 6.43. The summed E-state index contributed by atoms with van der Waals surface area (Å²) >= 11 is 0. The summed E-state index contributed by atoms with van der Waals surface area (Å²) in [5.74, 6) is 0.672. The molecule has 256 valence electrons. The highest BCUT2D eigenvalue weighted by Gasteiger charge is 2.34. The van der Waals surface area contributed by atoms with Gasteiger partial charge < -0.3 is 23.5 Å². The normalized spacial score (nSPS) is 15.5. The summed E-state index contributed by atoms with van der Waals surface area (Å²) < 4.78 is 25.3. The number of benzene rings is 2. The van der Waals surface area contributed by atoms with Gasteiger partial charge in [-0.1, -0.05) is 69.3 Å². The van der Waals surface area contributed by atoms with Crippen molar-refractivity contribution in [2.24, 2.45) is 5.41 Å². The van der Waals surface area contributed by atoms with Gasteiger partial charge in [0.1, 0.15) is 5.56 Å². The number of esters is 1. The molecule has 8 nitrogen and oxygen atoms in total. The third kappa shape index (κ3) is 8.85. The number of fused-ring (bicyclic) bond motifs is 3. The van der Waals surface area contributed by atoms with Crippen molar-refractivity contribution in [3.8, 4) is 22.8 Å². The number of rotatable bonds is 15. The van der Waals surface area contributed by atoms with Crippen molar-refractivity contribution in [1.82, 2.24) is 9.47 Å². The summed E-state index contributed by atoms with van der Waals surface area (Å²) in [7, 11) is 1.62. The first kappa shape index (κ1) is 35.2. The van der Waals surface area contributed by atoms with Crippen molar-refractivity contribution in [3.05, 3.63) is 105 Å². The number of hydrogen-bond acceptors (Lipinski definition) is 7. The highest BCUT2D eigenvalue weighted by molar-refractivity contribution is 5.89. The first-order chi connectivity index (χ1) is 23.2. The standard InChI is InChI=1S/C40H50N2O6/c1-6-47-39(44)33-28-42-34(25-35(33)43)32-24-36(45-5)37(22-31(32)23-38(42)40(2,3)4)48-20-13-19-46-21-18-41(26-29-14-9-7-10-15-29)27-30-16-11-8-12-17-30/h7,9-11,14-17,22,24-25,28,38H,6,8,12-13,18-21,23,26-27H2,1-5H3. The van der Waals surface area contributed by atoms with Gasteiger partial charge >= 0.3 is 5.97 Å². The minimum atomic E-state index is -0.597. The van der Waals surface area contributed by atoms with E-state index in [1.54, 1.807) is 26.3 Å². The van der Waals surface area contributed by atoms with E-state index in [-0.39, 0.29) is 29.1 Å². The summed E-state index contributed by atoms with van der Waals surface area (Å²) in [5.41, 5.74) is 4.95. The van der Waals surface area contributed by atoms with Crippen molar-refractivity contribution < 1.29 is 23.7 Å². The molecule has 0 bridgehead atoms. The topological polar surface area (TPSA) is 79.2 Å². The van der Waals surface area contributed by atoms with E-state index in [0.29, 0.717) is 37.7 Å². The lowest BCUT2D eigenvalue weighted by molar-refractivity contribution is 0.0523. The maximum Gasteiger partial charge on any atom is 0.343 e. The summed E-state index contributed by atoms with van der Waals surface area (Å²) in [6.45, 7) is 12.8. The van der Waals surface area contributed by atoms with E-state index >= 15 is 0 Å². The highest BCUT2D eigenvalue weighted by Crippen LogP contribution is 2.45. The lowest BCUT2D eigenvalue weighted by atomic mass is 9.78. The summed E-state index contributed by atoms with van der Waals surface area (Å²) in [5, 5.41) is 0. The molecule has 1 aliphatic heterocycles. The van der Waals surface area contributed by atoms with Crippen LogP contribution >= 0.6 is 0 Å². The molecule has 0 radical (unpaired) electrons. The van der Waals surface area contributed by atoms with Gasteiger partial charge in [0.25, 0.3) is 0 Å². The van der Waals surface area contributed by atoms with Crippen LogP contribution in [0.5, 0.6) is 11.5 Å². The third-order valence-corrected chi connectivity index (χ3v) is 8.96. The van der Waals surface area contributed by atoms with E-state index in [2.05, 4.69) is 78.8 Å². The monoisotopic (exact) mass is 654 g/mol. The van der Waals surface area contributed by atoms with Crippen molar-refractivity contribution >= 4 is 5.97 Å². The van der Waals surface area contributed by atoms with E-state index in [4.69, 9.17) is 18.9 Å². The van der Waals surface area contributed by atoms with Crippen LogP contribution in [0.3, 0.4) is 0 Å². The second-order valence-corrected chi connectivity index (χ2v) is 13.6. The Kier molecular flexibility index (Phi) is 12.0. The second-order valence-electron chi connectivity index (χ2n) is 13.6. The van der Waals surface area contributed by atoms with Gasteiger partial charge in [-0.15, -0.1) is 0 Å². The molecule has 0 saturated carbocycles. The first-order valence-electron chi connectivity index (χ1n) is 17.1. The van der Waals surface area contributed by atoms with Crippen LogP contribution in [-0.2, 0) is 22.4 Å². The van der Waals surface area contributed by atoms with Gasteiger partial charge in [-0.05, 0) is 60.4 Å². The molecule has 5 rings (SSSR count). The van der Waals surface area contributed by atoms with E-state index in [1.165, 1.54) is 11.1 Å². The SMILES string of the molecule is CCOC(=O)c1cn2c(cc1=O)-c1cc(OC)c(OCCCOCCN(CC3=CCCC=C3)Cc3ccccc3)cc1CC2C(C)(C)C. The van der Waals surface area contributed by atoms with Crippen molar-refractivity contribution in [3.63, 3.8) is 0 Å². The van der Waals surface area contributed by atoms with E-state index < -0.39 is 5.97 Å². The lowest BCUT2D eigenvalue weighted by Crippen LogP contribution is -2.33. The molecule has 1 aromatic heterocycles. The smallest absolute Gasteiger partial charge is 0.343 e. The lowest BCUT2D eigenvalue weighted by Gasteiger charge is -2.39. The quantitative estimate of drug-likeness (QED) is 0.125. The molecule has 1 unspecified atom stereocenters. The van der Waals surface area contributed by atoms with Crippen LogP contribution in [-0.4, -0.2) is 62.1 Å². The van der Waals surface area contributed by atoms with Crippen LogP contribution in [0.15, 0.2) is 83.3 Å². The number of carbonyl (C=O) groups is 1. The molecule has 0 N–H and O–H groups in total. The average Bonchev–Trinajstić information content (AvgIpc) is 3.07. The Morgan fingerprint density at radius 3 is 2.52 bits per heavy atom. The summed E-state index contributed by atoms with van der Waals surface area (Å²) in [6.07, 6.45) is 12.2. The molecular weight excluding hydrogens is 604 g/mol. The van der Waals surface area contributed by atoms with Crippen LogP contribution < -0.4 is 14.9 Å². The largest absolute Gasteiger partial charge is 0.493 e. The van der Waals surface area contributed by atoms with Gasteiger partial charge in [0, 0.05) is 56.5 Å². The molecule has 2 aliphatic rings. The van der Waals surface area contributed by atoms with Gasteiger partial charge in [0.15, 0.2) is 16.9 Å². The molecule has 0 fully saturated rings. The van der Waals surface area contributed by atoms with Gasteiger partial charge in [0.05, 0.1) is 32.6 Å².